The van der Waals surface area contributed by atoms with Gasteiger partial charge in [-0.1, -0.05) is 30.3 Å². The first-order valence-electron chi connectivity index (χ1n) is 7.24. The SMILES string of the molecule is NC(=O)C1CC(=O)N(C(Cn2ccnc2)c2ccccc2)C1. The third-order valence-electron chi connectivity index (χ3n) is 4.06. The second kappa shape index (κ2) is 6.01. The van der Waals surface area contributed by atoms with Crippen LogP contribution in [0.5, 0.6) is 0 Å². The van der Waals surface area contributed by atoms with E-state index in [1.165, 1.54) is 0 Å². The monoisotopic (exact) mass is 298 g/mol. The van der Waals surface area contributed by atoms with Crippen molar-refractivity contribution in [3.05, 3.63) is 54.6 Å². The second-order valence-electron chi connectivity index (χ2n) is 5.54. The maximum atomic E-state index is 12.3. The van der Waals surface area contributed by atoms with Crippen molar-refractivity contribution in [3.8, 4) is 0 Å². The summed E-state index contributed by atoms with van der Waals surface area (Å²) in [5, 5.41) is 0. The molecule has 2 heterocycles. The van der Waals surface area contributed by atoms with Gasteiger partial charge in [-0.2, -0.15) is 0 Å². The molecule has 22 heavy (non-hydrogen) atoms. The Balaban J connectivity index is 1.88. The summed E-state index contributed by atoms with van der Waals surface area (Å²) in [4.78, 5) is 29.5. The van der Waals surface area contributed by atoms with Gasteiger partial charge in [0.25, 0.3) is 0 Å². The summed E-state index contributed by atoms with van der Waals surface area (Å²) < 4.78 is 1.93. The molecule has 6 nitrogen and oxygen atoms in total. The van der Waals surface area contributed by atoms with Crippen LogP contribution in [0.25, 0.3) is 0 Å². The van der Waals surface area contributed by atoms with E-state index in [1.54, 1.807) is 17.4 Å². The average Bonchev–Trinajstić information content (AvgIpc) is 3.15. The molecule has 1 aliphatic rings. The summed E-state index contributed by atoms with van der Waals surface area (Å²) in [5.74, 6) is -0.843. The molecule has 1 saturated heterocycles. The predicted molar refractivity (Wildman–Crippen MR) is 80.4 cm³/mol. The summed E-state index contributed by atoms with van der Waals surface area (Å²) in [6.07, 6.45) is 5.49. The first-order valence-corrected chi connectivity index (χ1v) is 7.24. The fourth-order valence-electron chi connectivity index (χ4n) is 2.88. The zero-order valence-electron chi connectivity index (χ0n) is 12.1. The van der Waals surface area contributed by atoms with Crippen molar-refractivity contribution in [2.75, 3.05) is 6.54 Å². The van der Waals surface area contributed by atoms with Crippen LogP contribution in [0.4, 0.5) is 0 Å². The second-order valence-corrected chi connectivity index (χ2v) is 5.54. The van der Waals surface area contributed by atoms with Gasteiger partial charge >= 0.3 is 0 Å². The molecule has 2 atom stereocenters. The van der Waals surface area contributed by atoms with Gasteiger partial charge in [0.2, 0.25) is 11.8 Å². The Hall–Kier alpha value is -2.63. The standard InChI is InChI=1S/C16H18N4O2/c17-16(22)13-8-15(21)20(9-13)14(10-19-7-6-18-11-19)12-4-2-1-3-5-12/h1-7,11,13-14H,8-10H2,(H2,17,22). The fourth-order valence-corrected chi connectivity index (χ4v) is 2.88. The molecule has 0 bridgehead atoms. The Kier molecular flexibility index (Phi) is 3.91. The molecule has 2 unspecified atom stereocenters. The molecule has 1 aromatic heterocycles. The summed E-state index contributed by atoms with van der Waals surface area (Å²) in [6, 6.07) is 9.69. The van der Waals surface area contributed by atoms with Gasteiger partial charge in [0.1, 0.15) is 0 Å². The van der Waals surface area contributed by atoms with Gasteiger partial charge in [0, 0.05) is 31.9 Å². The third-order valence-corrected chi connectivity index (χ3v) is 4.06. The largest absolute Gasteiger partial charge is 0.369 e. The van der Waals surface area contributed by atoms with Crippen LogP contribution in [0, 0.1) is 5.92 Å². The lowest BCUT2D eigenvalue weighted by atomic mass is 10.1. The molecule has 0 radical (unpaired) electrons. The van der Waals surface area contributed by atoms with Gasteiger partial charge in [-0.05, 0) is 5.56 Å². The van der Waals surface area contributed by atoms with Crippen LogP contribution in [-0.2, 0) is 16.1 Å². The minimum atomic E-state index is -0.412. The number of nitrogens with zero attached hydrogens (tertiary/aromatic N) is 3. The Morgan fingerprint density at radius 3 is 2.73 bits per heavy atom. The molecule has 1 fully saturated rings. The summed E-state index contributed by atoms with van der Waals surface area (Å²) in [6.45, 7) is 0.976. The fraction of sp³-hybridized carbons (Fsp3) is 0.312. The van der Waals surface area contributed by atoms with E-state index in [-0.39, 0.29) is 18.4 Å². The number of benzene rings is 1. The van der Waals surface area contributed by atoms with Crippen molar-refractivity contribution in [1.82, 2.24) is 14.5 Å². The Bertz CT molecular complexity index is 654. The van der Waals surface area contributed by atoms with Crippen molar-refractivity contribution in [2.24, 2.45) is 11.7 Å². The highest BCUT2D eigenvalue weighted by Crippen LogP contribution is 2.30. The van der Waals surface area contributed by atoms with E-state index in [0.717, 1.165) is 5.56 Å². The zero-order valence-corrected chi connectivity index (χ0v) is 12.1. The van der Waals surface area contributed by atoms with E-state index in [4.69, 9.17) is 5.73 Å². The van der Waals surface area contributed by atoms with Crippen molar-refractivity contribution >= 4 is 11.8 Å². The number of hydrogen-bond acceptors (Lipinski definition) is 3. The van der Waals surface area contributed by atoms with E-state index in [1.807, 2.05) is 41.1 Å². The highest BCUT2D eigenvalue weighted by atomic mass is 16.2. The third kappa shape index (κ3) is 2.86. The molecule has 2 amide bonds. The van der Waals surface area contributed by atoms with Gasteiger partial charge in [0.05, 0.1) is 18.3 Å². The normalized spacial score (nSPS) is 19.4. The van der Waals surface area contributed by atoms with E-state index >= 15 is 0 Å². The molecule has 1 aliphatic heterocycles. The summed E-state index contributed by atoms with van der Waals surface area (Å²) in [5.41, 5.74) is 6.40. The molecular formula is C16H18N4O2. The van der Waals surface area contributed by atoms with Gasteiger partial charge in [-0.25, -0.2) is 4.98 Å². The van der Waals surface area contributed by atoms with E-state index < -0.39 is 11.8 Å². The first-order chi connectivity index (χ1) is 10.6. The summed E-state index contributed by atoms with van der Waals surface area (Å²) >= 11 is 0. The van der Waals surface area contributed by atoms with Gasteiger partial charge in [-0.3, -0.25) is 9.59 Å². The van der Waals surface area contributed by atoms with E-state index in [9.17, 15) is 9.59 Å². The van der Waals surface area contributed by atoms with Crippen LogP contribution >= 0.6 is 0 Å². The van der Waals surface area contributed by atoms with Crippen LogP contribution in [0.2, 0.25) is 0 Å². The number of amides is 2. The van der Waals surface area contributed by atoms with Crippen molar-refractivity contribution in [1.29, 1.82) is 0 Å². The molecule has 0 saturated carbocycles. The van der Waals surface area contributed by atoms with Crippen molar-refractivity contribution in [3.63, 3.8) is 0 Å². The molecule has 1 aromatic carbocycles. The molecule has 2 aromatic rings. The van der Waals surface area contributed by atoms with Crippen molar-refractivity contribution < 1.29 is 9.59 Å². The average molecular weight is 298 g/mol. The topological polar surface area (TPSA) is 81.2 Å². The minimum absolute atomic E-state index is 0.0298. The molecule has 114 valence electrons. The van der Waals surface area contributed by atoms with E-state index in [0.29, 0.717) is 13.1 Å². The highest BCUT2D eigenvalue weighted by Gasteiger charge is 2.37. The van der Waals surface area contributed by atoms with Gasteiger partial charge in [-0.15, -0.1) is 0 Å². The number of hydrogen-bond donors (Lipinski definition) is 1. The summed E-state index contributed by atoms with van der Waals surface area (Å²) in [7, 11) is 0. The smallest absolute Gasteiger partial charge is 0.224 e. The molecule has 3 rings (SSSR count). The number of rotatable bonds is 5. The quantitative estimate of drug-likeness (QED) is 0.892. The Labute approximate surface area is 128 Å². The van der Waals surface area contributed by atoms with Crippen LogP contribution in [0.3, 0.4) is 0 Å². The van der Waals surface area contributed by atoms with Crippen LogP contribution in [-0.4, -0.2) is 32.8 Å². The number of aromatic nitrogens is 2. The lowest BCUT2D eigenvalue weighted by Gasteiger charge is -2.29. The number of carbonyl (C=O) groups is 2. The van der Waals surface area contributed by atoms with E-state index in [2.05, 4.69) is 4.98 Å². The van der Waals surface area contributed by atoms with Crippen LogP contribution in [0.15, 0.2) is 49.1 Å². The Morgan fingerprint density at radius 2 is 2.14 bits per heavy atom. The molecule has 0 spiro atoms. The number of primary amides is 1. The highest BCUT2D eigenvalue weighted by molar-refractivity contribution is 5.88. The first kappa shape index (κ1) is 14.3. The van der Waals surface area contributed by atoms with Gasteiger partial charge < -0.3 is 15.2 Å². The molecular weight excluding hydrogens is 280 g/mol. The van der Waals surface area contributed by atoms with Crippen molar-refractivity contribution in [2.45, 2.75) is 19.0 Å². The number of nitrogens with two attached hydrogens (primary N) is 1. The maximum Gasteiger partial charge on any atom is 0.224 e. The number of likely N-dealkylation sites (tertiary alicyclic amines) is 1. The van der Waals surface area contributed by atoms with Crippen LogP contribution < -0.4 is 5.73 Å². The minimum Gasteiger partial charge on any atom is -0.369 e. The lowest BCUT2D eigenvalue weighted by Crippen LogP contribution is -2.34. The number of imidazole rings is 1. The molecule has 6 heteroatoms. The maximum absolute atomic E-state index is 12.3. The molecule has 0 aliphatic carbocycles. The lowest BCUT2D eigenvalue weighted by molar-refractivity contribution is -0.130. The zero-order chi connectivity index (χ0) is 15.5. The Morgan fingerprint density at radius 1 is 1.36 bits per heavy atom. The molecule has 2 N–H and O–H groups in total. The number of carbonyl (C=O) groups excluding carboxylic acids is 2. The van der Waals surface area contributed by atoms with Crippen LogP contribution in [0.1, 0.15) is 18.0 Å². The predicted octanol–water partition coefficient (Wildman–Crippen LogP) is 0.958. The van der Waals surface area contributed by atoms with Gasteiger partial charge in [0.15, 0.2) is 0 Å².